The molecule has 1 aromatic rings. The zero-order valence-electron chi connectivity index (χ0n) is 19.0. The Hall–Kier alpha value is -4.20. The van der Waals surface area contributed by atoms with Crippen molar-refractivity contribution < 1.29 is 34.2 Å². The molecule has 1 rings (SSSR count). The molecule has 0 aliphatic heterocycles. The number of amides is 3. The molecule has 0 fully saturated rings. The van der Waals surface area contributed by atoms with E-state index in [1.54, 1.807) is 30.3 Å². The molecular weight excluding hydrogens is 462 g/mol. The molecule has 0 aromatic heterocycles. The van der Waals surface area contributed by atoms with Crippen molar-refractivity contribution in [1.29, 1.82) is 0 Å². The van der Waals surface area contributed by atoms with Crippen LogP contribution in [0.15, 0.2) is 35.3 Å². The molecule has 11 N–H and O–H groups in total. The van der Waals surface area contributed by atoms with E-state index in [0.717, 1.165) is 0 Å². The molecule has 35 heavy (non-hydrogen) atoms. The Labute approximate surface area is 201 Å². The maximum Gasteiger partial charge on any atom is 0.326 e. The van der Waals surface area contributed by atoms with Crippen LogP contribution in [0, 0.1) is 0 Å². The predicted molar refractivity (Wildman–Crippen MR) is 125 cm³/mol. The molecule has 1 aromatic carbocycles. The second-order valence-corrected chi connectivity index (χ2v) is 7.58. The monoisotopic (exact) mass is 493 g/mol. The molecule has 0 spiro atoms. The van der Waals surface area contributed by atoms with Gasteiger partial charge in [-0.15, -0.1) is 0 Å². The number of benzene rings is 1. The Morgan fingerprint density at radius 1 is 0.943 bits per heavy atom. The summed E-state index contributed by atoms with van der Waals surface area (Å²) in [4.78, 5) is 63.3. The van der Waals surface area contributed by atoms with E-state index in [9.17, 15) is 29.1 Å². The lowest BCUT2D eigenvalue weighted by Gasteiger charge is -2.21. The first-order valence-corrected chi connectivity index (χ1v) is 10.7. The molecule has 14 heteroatoms. The second kappa shape index (κ2) is 14.8. The summed E-state index contributed by atoms with van der Waals surface area (Å²) in [6.07, 6.45) is -0.181. The first kappa shape index (κ1) is 28.8. The largest absolute Gasteiger partial charge is 0.481 e. The minimum atomic E-state index is -1.57. The van der Waals surface area contributed by atoms with Crippen molar-refractivity contribution in [1.82, 2.24) is 16.0 Å². The van der Waals surface area contributed by atoms with Gasteiger partial charge in [-0.05, 0) is 18.4 Å². The number of carbonyl (C=O) groups is 5. The number of carboxylic acids is 2. The van der Waals surface area contributed by atoms with Gasteiger partial charge >= 0.3 is 11.9 Å². The van der Waals surface area contributed by atoms with E-state index in [4.69, 9.17) is 22.3 Å². The number of aliphatic carboxylic acids is 2. The lowest BCUT2D eigenvalue weighted by Crippen LogP contribution is -2.54. The number of guanidine groups is 1. The molecule has 0 saturated heterocycles. The molecule has 3 amide bonds. The molecule has 3 atom stereocenters. The number of nitrogens with one attached hydrogen (secondary N) is 3. The van der Waals surface area contributed by atoms with Crippen molar-refractivity contribution in [2.24, 2.45) is 22.2 Å². The zero-order chi connectivity index (χ0) is 26.4. The summed E-state index contributed by atoms with van der Waals surface area (Å²) in [5.74, 6) is -5.31. The van der Waals surface area contributed by atoms with Crippen LogP contribution in [0.4, 0.5) is 0 Å². The van der Waals surface area contributed by atoms with Gasteiger partial charge in [0.1, 0.15) is 12.1 Å². The fourth-order valence-electron chi connectivity index (χ4n) is 2.90. The van der Waals surface area contributed by atoms with Crippen LogP contribution in [0.1, 0.15) is 24.8 Å². The highest BCUT2D eigenvalue weighted by Gasteiger charge is 2.28. The summed E-state index contributed by atoms with van der Waals surface area (Å²) < 4.78 is 0. The number of nitrogens with two attached hydrogens (primary N) is 3. The Bertz CT molecular complexity index is 920. The molecular formula is C21H31N7O7. The first-order chi connectivity index (χ1) is 16.5. The lowest BCUT2D eigenvalue weighted by molar-refractivity contribution is -0.143. The van der Waals surface area contributed by atoms with E-state index in [1.807, 2.05) is 0 Å². The van der Waals surface area contributed by atoms with E-state index in [2.05, 4.69) is 20.9 Å². The van der Waals surface area contributed by atoms with E-state index in [1.165, 1.54) is 0 Å². The number of carbonyl (C=O) groups excluding carboxylic acids is 3. The van der Waals surface area contributed by atoms with Crippen LogP contribution in [0.25, 0.3) is 0 Å². The van der Waals surface area contributed by atoms with Gasteiger partial charge in [0.2, 0.25) is 17.7 Å². The zero-order valence-corrected chi connectivity index (χ0v) is 19.0. The maximum absolute atomic E-state index is 12.6. The average Bonchev–Trinajstić information content (AvgIpc) is 2.79. The highest BCUT2D eigenvalue weighted by Crippen LogP contribution is 2.05. The highest BCUT2D eigenvalue weighted by molar-refractivity contribution is 5.94. The van der Waals surface area contributed by atoms with Crippen LogP contribution < -0.4 is 33.2 Å². The number of carboxylic acid groups (broad SMARTS) is 2. The van der Waals surface area contributed by atoms with Gasteiger partial charge in [0, 0.05) is 13.0 Å². The fourth-order valence-corrected chi connectivity index (χ4v) is 2.90. The fraction of sp³-hybridized carbons (Fsp3) is 0.429. The van der Waals surface area contributed by atoms with Gasteiger partial charge in [-0.2, -0.15) is 0 Å². The topological polar surface area (TPSA) is 252 Å². The molecule has 0 bridgehead atoms. The van der Waals surface area contributed by atoms with Gasteiger partial charge in [0.25, 0.3) is 0 Å². The van der Waals surface area contributed by atoms with Crippen molar-refractivity contribution in [2.45, 2.75) is 43.8 Å². The summed E-state index contributed by atoms with van der Waals surface area (Å²) in [6.45, 7) is -0.298. The Kier molecular flexibility index (Phi) is 12.2. The molecule has 0 heterocycles. The van der Waals surface area contributed by atoms with Crippen molar-refractivity contribution in [3.05, 3.63) is 35.9 Å². The molecule has 0 radical (unpaired) electrons. The SMILES string of the molecule is NC(N)=NCCC[C@H](N)C(=O)NCC(=O)N[C@H](CC(=O)O)C(=O)N[C@@H](Cc1ccccc1)C(=O)O. The van der Waals surface area contributed by atoms with E-state index in [-0.39, 0.29) is 25.3 Å². The normalized spacial score (nSPS) is 12.9. The predicted octanol–water partition coefficient (Wildman–Crippen LogP) is -2.74. The Morgan fingerprint density at radius 2 is 1.60 bits per heavy atom. The summed E-state index contributed by atoms with van der Waals surface area (Å²) in [7, 11) is 0. The van der Waals surface area contributed by atoms with Gasteiger partial charge in [-0.3, -0.25) is 24.2 Å². The summed E-state index contributed by atoms with van der Waals surface area (Å²) >= 11 is 0. The lowest BCUT2D eigenvalue weighted by atomic mass is 10.1. The quantitative estimate of drug-likeness (QED) is 0.0710. The molecule has 0 saturated carbocycles. The van der Waals surface area contributed by atoms with Gasteiger partial charge < -0.3 is 43.4 Å². The number of rotatable bonds is 15. The molecule has 0 aliphatic carbocycles. The average molecular weight is 494 g/mol. The highest BCUT2D eigenvalue weighted by atomic mass is 16.4. The van der Waals surface area contributed by atoms with Crippen LogP contribution in [0.5, 0.6) is 0 Å². The van der Waals surface area contributed by atoms with E-state index < -0.39 is 60.8 Å². The third-order valence-electron chi connectivity index (χ3n) is 4.66. The second-order valence-electron chi connectivity index (χ2n) is 7.58. The standard InChI is InChI=1S/C21H31N7O7/c22-13(7-4-8-25-21(23)24)18(32)26-11-16(29)27-14(10-17(30)31)19(33)28-15(20(34)35)9-12-5-2-1-3-6-12/h1-3,5-6,13-15H,4,7-11,22H2,(H,26,32)(H,27,29)(H,28,33)(H,30,31)(H,34,35)(H4,23,24,25)/t13-,14+,15-/m0/s1. The minimum Gasteiger partial charge on any atom is -0.481 e. The van der Waals surface area contributed by atoms with Crippen molar-refractivity contribution in [3.63, 3.8) is 0 Å². The van der Waals surface area contributed by atoms with Crippen LogP contribution >= 0.6 is 0 Å². The third kappa shape index (κ3) is 12.0. The number of hydrogen-bond acceptors (Lipinski definition) is 7. The smallest absolute Gasteiger partial charge is 0.326 e. The summed E-state index contributed by atoms with van der Waals surface area (Å²) in [5, 5.41) is 25.2. The van der Waals surface area contributed by atoms with Gasteiger partial charge in [0.05, 0.1) is 19.0 Å². The van der Waals surface area contributed by atoms with Crippen LogP contribution in [0.3, 0.4) is 0 Å². The van der Waals surface area contributed by atoms with Crippen LogP contribution in [-0.2, 0) is 30.4 Å². The van der Waals surface area contributed by atoms with E-state index >= 15 is 0 Å². The first-order valence-electron chi connectivity index (χ1n) is 10.7. The number of nitrogens with zero attached hydrogens (tertiary/aromatic N) is 1. The summed E-state index contributed by atoms with van der Waals surface area (Å²) in [5.41, 5.74) is 16.8. The Balaban J connectivity index is 2.65. The van der Waals surface area contributed by atoms with Gasteiger partial charge in [-0.25, -0.2) is 4.79 Å². The molecule has 0 unspecified atom stereocenters. The molecule has 14 nitrogen and oxygen atoms in total. The minimum absolute atomic E-state index is 0.0488. The van der Waals surface area contributed by atoms with Gasteiger partial charge in [-0.1, -0.05) is 30.3 Å². The molecule has 192 valence electrons. The van der Waals surface area contributed by atoms with Crippen molar-refractivity contribution >= 4 is 35.6 Å². The van der Waals surface area contributed by atoms with Crippen molar-refractivity contribution in [2.75, 3.05) is 13.1 Å². The number of aliphatic imine (C=N–C) groups is 1. The van der Waals surface area contributed by atoms with Crippen molar-refractivity contribution in [3.8, 4) is 0 Å². The van der Waals surface area contributed by atoms with Gasteiger partial charge in [0.15, 0.2) is 5.96 Å². The summed E-state index contributed by atoms with van der Waals surface area (Å²) in [6, 6.07) is 4.64. The van der Waals surface area contributed by atoms with Crippen LogP contribution in [0.2, 0.25) is 0 Å². The molecule has 0 aliphatic rings. The Morgan fingerprint density at radius 3 is 2.17 bits per heavy atom. The maximum atomic E-state index is 12.6. The van der Waals surface area contributed by atoms with Crippen LogP contribution in [-0.4, -0.2) is 77.0 Å². The van der Waals surface area contributed by atoms with E-state index in [0.29, 0.717) is 12.0 Å². The number of hydrogen-bond donors (Lipinski definition) is 8. The third-order valence-corrected chi connectivity index (χ3v) is 4.66.